The lowest BCUT2D eigenvalue weighted by atomic mass is 9.92. The van der Waals surface area contributed by atoms with Crippen molar-refractivity contribution < 1.29 is 22.4 Å². The maximum Gasteiger partial charge on any atom is 0.449 e. The zero-order valence-corrected chi connectivity index (χ0v) is 14.5. The van der Waals surface area contributed by atoms with Crippen molar-refractivity contribution in [3.63, 3.8) is 0 Å². The highest BCUT2D eigenvalue weighted by Gasteiger charge is 2.39. The van der Waals surface area contributed by atoms with Gasteiger partial charge in [-0.3, -0.25) is 4.79 Å². The molecule has 0 unspecified atom stereocenters. The molecule has 0 aliphatic carbocycles. The number of furan rings is 1. The van der Waals surface area contributed by atoms with Gasteiger partial charge in [0.25, 0.3) is 0 Å². The molecule has 2 nitrogen and oxygen atoms in total. The van der Waals surface area contributed by atoms with Crippen molar-refractivity contribution in [3.05, 3.63) is 24.2 Å². The average molecular weight is 346 g/mol. The molecule has 0 bridgehead atoms. The Balaban J connectivity index is 2.27. The van der Waals surface area contributed by atoms with Crippen LogP contribution in [-0.4, -0.2) is 12.0 Å². The lowest BCUT2D eigenvalue weighted by molar-refractivity contribution is -0.171. The number of unbranched alkanes of at least 4 members (excludes halogenated alkanes) is 8. The van der Waals surface area contributed by atoms with Crippen LogP contribution in [0.1, 0.15) is 89.2 Å². The Hall–Kier alpha value is -1.26. The van der Waals surface area contributed by atoms with E-state index in [2.05, 4.69) is 6.92 Å². The van der Waals surface area contributed by atoms with Gasteiger partial charge < -0.3 is 4.42 Å². The summed E-state index contributed by atoms with van der Waals surface area (Å²) in [5.41, 5.74) is 0. The van der Waals surface area contributed by atoms with Crippen molar-refractivity contribution in [3.8, 4) is 0 Å². The van der Waals surface area contributed by atoms with Gasteiger partial charge in [0.15, 0.2) is 0 Å². The number of ketones is 1. The molecule has 138 valence electrons. The Kier molecular flexibility index (Phi) is 9.80. The number of halogens is 3. The molecule has 0 aliphatic rings. The van der Waals surface area contributed by atoms with Crippen LogP contribution in [0.2, 0.25) is 0 Å². The van der Waals surface area contributed by atoms with Crippen LogP contribution in [0.5, 0.6) is 0 Å². The summed E-state index contributed by atoms with van der Waals surface area (Å²) < 4.78 is 42.7. The largest absolute Gasteiger partial charge is 0.469 e. The van der Waals surface area contributed by atoms with Gasteiger partial charge in [-0.15, -0.1) is 0 Å². The van der Waals surface area contributed by atoms with E-state index in [0.717, 1.165) is 19.3 Å². The molecule has 24 heavy (non-hydrogen) atoms. The number of alkyl halides is 3. The topological polar surface area (TPSA) is 30.2 Å². The van der Waals surface area contributed by atoms with Crippen molar-refractivity contribution in [2.24, 2.45) is 0 Å². The SMILES string of the molecule is CCCCCCCCCCC[C@H](CC(=O)C(F)(F)F)c1ccco1. The van der Waals surface area contributed by atoms with Gasteiger partial charge in [0.2, 0.25) is 5.78 Å². The van der Waals surface area contributed by atoms with Gasteiger partial charge in [-0.05, 0) is 18.6 Å². The Morgan fingerprint density at radius 3 is 2.12 bits per heavy atom. The Bertz CT molecular complexity index is 438. The van der Waals surface area contributed by atoms with Crippen LogP contribution in [-0.2, 0) is 4.79 Å². The van der Waals surface area contributed by atoms with E-state index in [-0.39, 0.29) is 0 Å². The molecule has 1 rings (SSSR count). The highest BCUT2D eigenvalue weighted by molar-refractivity contribution is 5.84. The quantitative estimate of drug-likeness (QED) is 0.367. The van der Waals surface area contributed by atoms with E-state index < -0.39 is 24.3 Å². The molecule has 0 spiro atoms. The maximum absolute atomic E-state index is 12.5. The fourth-order valence-corrected chi connectivity index (χ4v) is 2.91. The summed E-state index contributed by atoms with van der Waals surface area (Å²) in [6.45, 7) is 2.19. The molecule has 0 saturated carbocycles. The van der Waals surface area contributed by atoms with E-state index in [9.17, 15) is 18.0 Å². The van der Waals surface area contributed by atoms with E-state index in [4.69, 9.17) is 4.42 Å². The van der Waals surface area contributed by atoms with Gasteiger partial charge in [0, 0.05) is 12.3 Å². The second-order valence-corrected chi connectivity index (χ2v) is 6.45. The molecule has 1 aromatic heterocycles. The van der Waals surface area contributed by atoms with Crippen molar-refractivity contribution >= 4 is 5.78 Å². The van der Waals surface area contributed by atoms with Crippen LogP contribution >= 0.6 is 0 Å². The summed E-state index contributed by atoms with van der Waals surface area (Å²) in [6.07, 6.45) is 7.13. The average Bonchev–Trinajstić information content (AvgIpc) is 3.05. The van der Waals surface area contributed by atoms with Crippen molar-refractivity contribution in [1.29, 1.82) is 0 Å². The minimum Gasteiger partial charge on any atom is -0.469 e. The van der Waals surface area contributed by atoms with Gasteiger partial charge in [-0.1, -0.05) is 64.7 Å². The summed E-state index contributed by atoms with van der Waals surface area (Å²) in [5.74, 6) is -1.66. The molecule has 1 atom stereocenters. The number of carbonyl (C=O) groups is 1. The molecule has 0 radical (unpaired) electrons. The first-order valence-corrected chi connectivity index (χ1v) is 9.08. The number of carbonyl (C=O) groups excluding carboxylic acids is 1. The Morgan fingerprint density at radius 2 is 1.62 bits per heavy atom. The van der Waals surface area contributed by atoms with E-state index >= 15 is 0 Å². The second-order valence-electron chi connectivity index (χ2n) is 6.45. The minimum absolute atomic E-state index is 0.473. The highest BCUT2D eigenvalue weighted by atomic mass is 19.4. The van der Waals surface area contributed by atoms with Gasteiger partial charge in [0.05, 0.1) is 6.26 Å². The smallest absolute Gasteiger partial charge is 0.449 e. The highest BCUT2D eigenvalue weighted by Crippen LogP contribution is 2.30. The monoisotopic (exact) mass is 346 g/mol. The molecule has 0 N–H and O–H groups in total. The first-order chi connectivity index (χ1) is 11.4. The first kappa shape index (κ1) is 20.8. The van der Waals surface area contributed by atoms with E-state index in [0.29, 0.717) is 12.2 Å². The van der Waals surface area contributed by atoms with Gasteiger partial charge in [0.1, 0.15) is 5.76 Å². The summed E-state index contributed by atoms with van der Waals surface area (Å²) in [5, 5.41) is 0. The summed E-state index contributed by atoms with van der Waals surface area (Å²) in [4.78, 5) is 11.3. The van der Waals surface area contributed by atoms with Crippen LogP contribution in [0.4, 0.5) is 13.2 Å². The van der Waals surface area contributed by atoms with Crippen molar-refractivity contribution in [1.82, 2.24) is 0 Å². The van der Waals surface area contributed by atoms with Crippen molar-refractivity contribution in [2.45, 2.75) is 89.6 Å². The van der Waals surface area contributed by atoms with Gasteiger partial charge in [-0.2, -0.15) is 13.2 Å². The van der Waals surface area contributed by atoms with Gasteiger partial charge in [-0.25, -0.2) is 0 Å². The summed E-state index contributed by atoms with van der Waals surface area (Å²) in [7, 11) is 0. The van der Waals surface area contributed by atoms with Gasteiger partial charge >= 0.3 is 6.18 Å². The molecule has 5 heteroatoms. The molecular weight excluding hydrogens is 317 g/mol. The third kappa shape index (κ3) is 8.55. The zero-order chi connectivity index (χ0) is 17.8. The molecule has 0 saturated heterocycles. The minimum atomic E-state index is -4.76. The van der Waals surface area contributed by atoms with Crippen LogP contribution in [0, 0.1) is 0 Å². The third-order valence-electron chi connectivity index (χ3n) is 4.35. The Labute approximate surface area is 142 Å². The third-order valence-corrected chi connectivity index (χ3v) is 4.35. The predicted octanol–water partition coefficient (Wildman–Crippen LogP) is 6.81. The number of Topliss-reactive ketones (excluding diaryl/α,β-unsaturated/α-hetero) is 1. The molecule has 0 aromatic carbocycles. The van der Waals surface area contributed by atoms with Crippen LogP contribution in [0.25, 0.3) is 0 Å². The van der Waals surface area contributed by atoms with E-state index in [1.165, 1.54) is 44.8 Å². The van der Waals surface area contributed by atoms with Crippen LogP contribution < -0.4 is 0 Å². The van der Waals surface area contributed by atoms with E-state index in [1.807, 2.05) is 0 Å². The molecule has 0 aliphatic heterocycles. The van der Waals surface area contributed by atoms with E-state index in [1.54, 1.807) is 12.1 Å². The fraction of sp³-hybridized carbons (Fsp3) is 0.737. The molecule has 0 amide bonds. The molecule has 1 aromatic rings. The number of hydrogen-bond acceptors (Lipinski definition) is 2. The normalized spacial score (nSPS) is 13.2. The number of hydrogen-bond donors (Lipinski definition) is 0. The second kappa shape index (κ2) is 11.3. The Morgan fingerprint density at radius 1 is 1.04 bits per heavy atom. The lowest BCUT2D eigenvalue weighted by Crippen LogP contribution is -2.24. The lowest BCUT2D eigenvalue weighted by Gasteiger charge is -2.15. The zero-order valence-electron chi connectivity index (χ0n) is 14.5. The first-order valence-electron chi connectivity index (χ1n) is 9.08. The summed E-state index contributed by atoms with van der Waals surface area (Å²) >= 11 is 0. The molecule has 1 heterocycles. The molecular formula is C19H29F3O2. The number of rotatable bonds is 13. The summed E-state index contributed by atoms with van der Waals surface area (Å²) in [6, 6.07) is 3.30. The van der Waals surface area contributed by atoms with Crippen molar-refractivity contribution in [2.75, 3.05) is 0 Å². The van der Waals surface area contributed by atoms with Crippen LogP contribution in [0.3, 0.4) is 0 Å². The standard InChI is InChI=1S/C19H29F3O2/c1-2-3-4-5-6-7-8-9-10-12-16(17-13-11-14-24-17)15-18(23)19(20,21)22/h11,13-14,16H,2-10,12,15H2,1H3/t16-/m1/s1. The van der Waals surface area contributed by atoms with Crippen LogP contribution in [0.15, 0.2) is 22.8 Å². The predicted molar refractivity (Wildman–Crippen MR) is 89.0 cm³/mol. The molecule has 0 fully saturated rings. The fourth-order valence-electron chi connectivity index (χ4n) is 2.91. The maximum atomic E-state index is 12.5.